The molecule has 4 saturated heterocycles. The highest BCUT2D eigenvalue weighted by atomic mass is 32.2. The molecule has 7 heterocycles. The van der Waals surface area contributed by atoms with Crippen molar-refractivity contribution in [2.75, 3.05) is 81.6 Å². The number of piperidine rings is 1. The molecule has 3 aromatic carbocycles. The molecule has 0 radical (unpaired) electrons. The number of hydrogen-bond donors (Lipinski definition) is 5. The molecule has 408 valence electrons. The Kier molecular flexibility index (Phi) is 15.6. The molecule has 0 saturated carbocycles. The molecule has 2 amide bonds. The number of aromatic nitrogens is 4. The number of imidazole rings is 1. The number of β-amino-alcohol motifs (C(OH)–C–C–N with tert-alkyl or cyclic N) is 1. The SMILES string of the molecule is CC(C)(C)[C@H](NC(=O)CN1CCN(CC2CCN(c3ccc(-c4cnc5[nH]cc(C(=O)c6c(F)ccc(NS(=O)(=O)N7CC[C@@H](F)C7)c6F)c5c4)cc3)CC2)CC1)C(=O)N1C[C@H](O)CC1c1ncc(Cc2ccccc2)[nH]1. The summed E-state index contributed by atoms with van der Waals surface area (Å²) in [7, 11) is -4.37. The molecule has 4 aliphatic rings. The van der Waals surface area contributed by atoms with E-state index in [2.05, 4.69) is 52.1 Å². The number of hydrogen-bond acceptors (Lipinski definition) is 11. The molecule has 21 heteroatoms. The smallest absolute Gasteiger partial charge is 0.301 e. The number of likely N-dealkylation sites (tertiary alicyclic amines) is 1. The van der Waals surface area contributed by atoms with E-state index in [1.807, 2.05) is 68.0 Å². The molecule has 5 N–H and O–H groups in total. The summed E-state index contributed by atoms with van der Waals surface area (Å²) in [4.78, 5) is 65.8. The van der Waals surface area contributed by atoms with E-state index in [0.29, 0.717) is 41.2 Å². The van der Waals surface area contributed by atoms with Gasteiger partial charge >= 0.3 is 10.2 Å². The van der Waals surface area contributed by atoms with Crippen molar-refractivity contribution in [2.45, 2.75) is 77.2 Å². The number of pyridine rings is 1. The largest absolute Gasteiger partial charge is 0.391 e. The van der Waals surface area contributed by atoms with Crippen LogP contribution in [0.3, 0.4) is 0 Å². The summed E-state index contributed by atoms with van der Waals surface area (Å²) in [5.74, 6) is -2.85. The van der Waals surface area contributed by atoms with Crippen molar-refractivity contribution in [3.63, 3.8) is 0 Å². The number of ketones is 1. The summed E-state index contributed by atoms with van der Waals surface area (Å²) < 4.78 is 73.4. The molecule has 10 rings (SSSR count). The van der Waals surface area contributed by atoms with Crippen LogP contribution < -0.4 is 14.9 Å². The number of alkyl halides is 1. The van der Waals surface area contributed by atoms with Crippen molar-refractivity contribution in [3.8, 4) is 11.1 Å². The molecule has 77 heavy (non-hydrogen) atoms. The maximum Gasteiger partial charge on any atom is 0.301 e. The van der Waals surface area contributed by atoms with E-state index in [9.17, 15) is 32.3 Å². The summed E-state index contributed by atoms with van der Waals surface area (Å²) in [5, 5.41) is 14.2. The van der Waals surface area contributed by atoms with Crippen LogP contribution in [0.2, 0.25) is 0 Å². The van der Waals surface area contributed by atoms with Crippen molar-refractivity contribution < 1.29 is 41.1 Å². The van der Waals surface area contributed by atoms with E-state index in [-0.39, 0.29) is 43.4 Å². The summed E-state index contributed by atoms with van der Waals surface area (Å²) in [6.07, 6.45) is 5.76. The fourth-order valence-electron chi connectivity index (χ4n) is 11.2. The fraction of sp³-hybridized carbons (Fsp3) is 0.446. The van der Waals surface area contributed by atoms with Gasteiger partial charge in [-0.1, -0.05) is 63.2 Å². The Hall–Kier alpha value is -6.65. The molecule has 4 aliphatic heterocycles. The number of carbonyl (C=O) groups is 3. The van der Waals surface area contributed by atoms with E-state index < -0.39 is 75.2 Å². The summed E-state index contributed by atoms with van der Waals surface area (Å²) in [6, 6.07) is 20.3. The van der Waals surface area contributed by atoms with Gasteiger partial charge in [-0.15, -0.1) is 0 Å². The van der Waals surface area contributed by atoms with Gasteiger partial charge in [0.1, 0.15) is 29.5 Å². The Morgan fingerprint density at radius 1 is 0.857 bits per heavy atom. The van der Waals surface area contributed by atoms with Gasteiger partial charge in [-0.3, -0.25) is 24.0 Å². The van der Waals surface area contributed by atoms with Crippen LogP contribution >= 0.6 is 0 Å². The van der Waals surface area contributed by atoms with Crippen LogP contribution in [0.4, 0.5) is 24.5 Å². The minimum absolute atomic E-state index is 0.000538. The third-order valence-electron chi connectivity index (χ3n) is 15.5. The van der Waals surface area contributed by atoms with Crippen LogP contribution in [0.15, 0.2) is 91.4 Å². The van der Waals surface area contributed by atoms with Gasteiger partial charge in [0.05, 0.1) is 29.9 Å². The van der Waals surface area contributed by atoms with E-state index in [1.54, 1.807) is 23.4 Å². The highest BCUT2D eigenvalue weighted by Crippen LogP contribution is 2.35. The number of amides is 2. The predicted molar refractivity (Wildman–Crippen MR) is 287 cm³/mol. The number of anilines is 2. The van der Waals surface area contributed by atoms with Gasteiger partial charge in [0.2, 0.25) is 17.6 Å². The topological polar surface area (TPSA) is 203 Å². The van der Waals surface area contributed by atoms with Gasteiger partial charge in [-0.05, 0) is 72.1 Å². The first-order chi connectivity index (χ1) is 36.9. The molecule has 1 unspecified atom stereocenters. The molecule has 4 fully saturated rings. The minimum atomic E-state index is -4.37. The van der Waals surface area contributed by atoms with Crippen molar-refractivity contribution in [2.24, 2.45) is 11.3 Å². The fourth-order valence-corrected chi connectivity index (χ4v) is 12.4. The van der Waals surface area contributed by atoms with Gasteiger partial charge in [0.15, 0.2) is 5.82 Å². The zero-order valence-corrected chi connectivity index (χ0v) is 44.3. The van der Waals surface area contributed by atoms with Crippen molar-refractivity contribution >= 4 is 50.2 Å². The molecule has 0 bridgehead atoms. The quantitative estimate of drug-likeness (QED) is 0.0667. The Bertz CT molecular complexity index is 3210. The van der Waals surface area contributed by atoms with E-state index in [0.717, 1.165) is 97.6 Å². The lowest BCUT2D eigenvalue weighted by molar-refractivity contribution is -0.141. The Labute approximate surface area is 446 Å². The number of fused-ring (bicyclic) bond motifs is 1. The van der Waals surface area contributed by atoms with E-state index in [1.165, 1.54) is 6.20 Å². The second-order valence-corrected chi connectivity index (χ2v) is 23.7. The number of halogens is 3. The van der Waals surface area contributed by atoms with Gasteiger partial charge in [-0.2, -0.15) is 12.7 Å². The average Bonchev–Trinajstić information content (AvgIpc) is 4.25. The number of aliphatic hydroxyl groups excluding tert-OH is 1. The Balaban J connectivity index is 0.692. The zero-order chi connectivity index (χ0) is 54.2. The van der Waals surface area contributed by atoms with Gasteiger partial charge < -0.3 is 35.1 Å². The lowest BCUT2D eigenvalue weighted by atomic mass is 9.85. The Morgan fingerprint density at radius 3 is 2.29 bits per heavy atom. The number of aliphatic hydroxyl groups is 1. The molecule has 0 spiro atoms. The number of H-pyrrole nitrogens is 2. The number of carbonyl (C=O) groups excluding carboxylic acids is 3. The number of benzene rings is 3. The van der Waals surface area contributed by atoms with Crippen LogP contribution in [0, 0.1) is 23.0 Å². The first kappa shape index (κ1) is 53.7. The highest BCUT2D eigenvalue weighted by Gasteiger charge is 2.44. The first-order valence-electron chi connectivity index (χ1n) is 26.4. The maximum absolute atomic E-state index is 15.8. The molecule has 4 atom stereocenters. The normalized spacial score (nSPS) is 20.7. The van der Waals surface area contributed by atoms with E-state index >= 15 is 8.78 Å². The minimum Gasteiger partial charge on any atom is -0.391 e. The average molecular weight is 1080 g/mol. The Morgan fingerprint density at radius 2 is 1.58 bits per heavy atom. The van der Waals surface area contributed by atoms with Gasteiger partial charge in [0.25, 0.3) is 0 Å². The summed E-state index contributed by atoms with van der Waals surface area (Å²) in [5.41, 5.74) is 2.73. The van der Waals surface area contributed by atoms with Crippen LogP contribution in [0.1, 0.15) is 85.5 Å². The third kappa shape index (κ3) is 12.1. The summed E-state index contributed by atoms with van der Waals surface area (Å²) in [6.45, 7) is 11.6. The molecular weight excluding hydrogens is 1010 g/mol. The zero-order valence-electron chi connectivity index (χ0n) is 43.5. The monoisotopic (exact) mass is 1080 g/mol. The lowest BCUT2D eigenvalue weighted by Crippen LogP contribution is -2.57. The number of nitrogens with zero attached hydrogens (tertiary/aromatic N) is 7. The van der Waals surface area contributed by atoms with Gasteiger partial charge in [0, 0.05) is 125 Å². The molecule has 6 aromatic rings. The highest BCUT2D eigenvalue weighted by molar-refractivity contribution is 7.90. The van der Waals surface area contributed by atoms with Gasteiger partial charge in [-0.25, -0.2) is 23.1 Å². The number of rotatable bonds is 16. The summed E-state index contributed by atoms with van der Waals surface area (Å²) >= 11 is 0. The third-order valence-corrected chi connectivity index (χ3v) is 17.0. The van der Waals surface area contributed by atoms with Crippen LogP contribution in [-0.4, -0.2) is 160 Å². The second-order valence-electron chi connectivity index (χ2n) is 22.1. The molecule has 3 aromatic heterocycles. The van der Waals surface area contributed by atoms with Crippen molar-refractivity contribution in [1.82, 2.24) is 44.3 Å². The van der Waals surface area contributed by atoms with E-state index in [4.69, 9.17) is 0 Å². The van der Waals surface area contributed by atoms with Crippen LogP contribution in [0.5, 0.6) is 0 Å². The maximum atomic E-state index is 15.8. The standard InChI is InChI=1S/C56H66F3N11O6S/c1-56(2,3)52(55(74)70-33-42(71)27-47(70)54-61-29-40(63-54)25-35-7-5-4-6-8-35)64-48(72)34-67-23-21-66(22-24-67)31-36-15-18-68(19-16-36)41-11-9-37(10-12-41)38-26-43-44(30-62-53(43)60-28-38)51(73)49-45(58)13-14-46(50(49)59)65-77(75,76)69-20-17-39(57)32-69/h4-14,26,28-30,36,39,42,47,52,65,71H,15-25,27,31-34H2,1-3H3,(H,60,62)(H,61,63)(H,64,72)/t39-,42-,47?,52-/m1/s1. The number of piperazine rings is 1. The number of nitrogens with one attached hydrogen (secondary N) is 4. The van der Waals surface area contributed by atoms with Crippen molar-refractivity contribution in [3.05, 3.63) is 131 Å². The number of aromatic amines is 2. The molecule has 17 nitrogen and oxygen atoms in total. The van der Waals surface area contributed by atoms with Crippen molar-refractivity contribution in [1.29, 1.82) is 0 Å². The molecule has 0 aliphatic carbocycles. The lowest BCUT2D eigenvalue weighted by Gasteiger charge is -2.39. The second kappa shape index (κ2) is 22.4. The first-order valence-corrected chi connectivity index (χ1v) is 27.9. The van der Waals surface area contributed by atoms with Crippen LogP contribution in [0.25, 0.3) is 22.2 Å². The van der Waals surface area contributed by atoms with Crippen LogP contribution in [-0.2, 0) is 26.2 Å². The molecular formula is C56H66F3N11O6S. The predicted octanol–water partition coefficient (Wildman–Crippen LogP) is 6.45.